The van der Waals surface area contributed by atoms with Gasteiger partial charge >= 0.3 is 0 Å². The molecule has 3 aromatic carbocycles. The van der Waals surface area contributed by atoms with E-state index in [1.165, 1.54) is 6.42 Å². The number of carbonyl (C=O) groups excluding carboxylic acids is 3. The Balaban J connectivity index is 1.34. The number of rotatable bonds is 7. The minimum absolute atomic E-state index is 0.0276. The van der Waals surface area contributed by atoms with Gasteiger partial charge in [0.15, 0.2) is 0 Å². The molecule has 2 N–H and O–H groups in total. The number of nitrogens with one attached hydrogen (secondary N) is 2. The molecule has 1 saturated heterocycles. The summed E-state index contributed by atoms with van der Waals surface area (Å²) in [5, 5.41) is 5.91. The quantitative estimate of drug-likeness (QED) is 0.527. The van der Waals surface area contributed by atoms with Gasteiger partial charge in [-0.15, -0.1) is 0 Å². The number of nitrogens with zero attached hydrogens (tertiary/aromatic N) is 2. The molecule has 7 heteroatoms. The van der Waals surface area contributed by atoms with Crippen molar-refractivity contribution in [2.24, 2.45) is 0 Å². The summed E-state index contributed by atoms with van der Waals surface area (Å²) in [7, 11) is 1.72. The SMILES string of the molecule is CN(C(=O)c1cccc(NC(=O)CNc2cccc(C(=O)N3CCCCC3)c2)c1)c1ccccc1. The molecule has 7 nitrogen and oxygen atoms in total. The monoisotopic (exact) mass is 470 g/mol. The van der Waals surface area contributed by atoms with Gasteiger partial charge in [-0.25, -0.2) is 0 Å². The zero-order chi connectivity index (χ0) is 24.6. The maximum Gasteiger partial charge on any atom is 0.258 e. The molecule has 0 radical (unpaired) electrons. The number of benzene rings is 3. The molecule has 0 atom stereocenters. The number of amides is 3. The second kappa shape index (κ2) is 11.3. The van der Waals surface area contributed by atoms with Gasteiger partial charge in [0.2, 0.25) is 5.91 Å². The third kappa shape index (κ3) is 6.26. The van der Waals surface area contributed by atoms with Gasteiger partial charge in [0.05, 0.1) is 6.54 Å². The van der Waals surface area contributed by atoms with E-state index in [9.17, 15) is 14.4 Å². The van der Waals surface area contributed by atoms with E-state index in [0.717, 1.165) is 31.6 Å². The Labute approximate surface area is 205 Å². The smallest absolute Gasteiger partial charge is 0.258 e. The maximum absolute atomic E-state index is 12.9. The van der Waals surface area contributed by atoms with E-state index in [0.29, 0.717) is 22.5 Å². The van der Waals surface area contributed by atoms with E-state index in [-0.39, 0.29) is 24.3 Å². The van der Waals surface area contributed by atoms with Gasteiger partial charge in [-0.2, -0.15) is 0 Å². The third-order valence-electron chi connectivity index (χ3n) is 6.05. The lowest BCUT2D eigenvalue weighted by atomic mass is 10.1. The molecule has 1 fully saturated rings. The second-order valence-electron chi connectivity index (χ2n) is 8.62. The highest BCUT2D eigenvalue weighted by molar-refractivity contribution is 6.06. The first-order valence-electron chi connectivity index (χ1n) is 11.9. The van der Waals surface area contributed by atoms with Crippen molar-refractivity contribution in [3.05, 3.63) is 90.0 Å². The van der Waals surface area contributed by atoms with Crippen molar-refractivity contribution < 1.29 is 14.4 Å². The Morgan fingerprint density at radius 3 is 2.20 bits per heavy atom. The molecule has 3 amide bonds. The minimum Gasteiger partial charge on any atom is -0.376 e. The lowest BCUT2D eigenvalue weighted by molar-refractivity contribution is -0.114. The number of anilines is 3. The van der Waals surface area contributed by atoms with Crippen molar-refractivity contribution in [2.75, 3.05) is 42.2 Å². The van der Waals surface area contributed by atoms with Gasteiger partial charge in [-0.05, 0) is 67.8 Å². The van der Waals surface area contributed by atoms with Crippen molar-refractivity contribution in [1.29, 1.82) is 0 Å². The van der Waals surface area contributed by atoms with E-state index in [1.807, 2.05) is 47.4 Å². The Morgan fingerprint density at radius 1 is 0.800 bits per heavy atom. The molecule has 0 unspecified atom stereocenters. The van der Waals surface area contributed by atoms with Crippen molar-refractivity contribution >= 4 is 34.8 Å². The first-order chi connectivity index (χ1) is 17.0. The lowest BCUT2D eigenvalue weighted by Gasteiger charge is -2.26. The van der Waals surface area contributed by atoms with Crippen LogP contribution in [-0.2, 0) is 4.79 Å². The van der Waals surface area contributed by atoms with Crippen LogP contribution in [0.15, 0.2) is 78.9 Å². The van der Waals surface area contributed by atoms with Gasteiger partial charge in [0, 0.05) is 48.3 Å². The minimum atomic E-state index is -0.251. The molecule has 1 heterocycles. The highest BCUT2D eigenvalue weighted by Gasteiger charge is 2.18. The number of hydrogen-bond acceptors (Lipinski definition) is 4. The molecule has 0 aliphatic carbocycles. The molecule has 0 spiro atoms. The number of carbonyl (C=O) groups is 3. The fraction of sp³-hybridized carbons (Fsp3) is 0.250. The summed E-state index contributed by atoms with van der Waals surface area (Å²) in [6.07, 6.45) is 3.25. The summed E-state index contributed by atoms with van der Waals surface area (Å²) in [5.74, 6) is -0.390. The highest BCUT2D eigenvalue weighted by Crippen LogP contribution is 2.18. The molecule has 0 saturated carbocycles. The van der Waals surface area contributed by atoms with Crippen LogP contribution in [0.4, 0.5) is 17.1 Å². The predicted molar refractivity (Wildman–Crippen MR) is 139 cm³/mol. The summed E-state index contributed by atoms with van der Waals surface area (Å²) in [4.78, 5) is 41.6. The van der Waals surface area contributed by atoms with Crippen LogP contribution < -0.4 is 15.5 Å². The zero-order valence-corrected chi connectivity index (χ0v) is 19.9. The largest absolute Gasteiger partial charge is 0.376 e. The van der Waals surface area contributed by atoms with Crippen molar-refractivity contribution in [3.63, 3.8) is 0 Å². The molecule has 4 rings (SSSR count). The molecule has 1 aliphatic rings. The van der Waals surface area contributed by atoms with E-state index >= 15 is 0 Å². The standard InChI is InChI=1S/C28H30N4O3/c1-31(25-14-4-2-5-15-25)27(34)21-10-9-13-24(19-21)30-26(33)20-29-23-12-8-11-22(18-23)28(35)32-16-6-3-7-17-32/h2,4-5,8-15,18-19,29H,3,6-7,16-17,20H2,1H3,(H,30,33). The van der Waals surface area contributed by atoms with Crippen LogP contribution in [0.25, 0.3) is 0 Å². The zero-order valence-electron chi connectivity index (χ0n) is 19.9. The van der Waals surface area contributed by atoms with Crippen LogP contribution in [0.3, 0.4) is 0 Å². The number of piperidine rings is 1. The lowest BCUT2D eigenvalue weighted by Crippen LogP contribution is -2.35. The molecular formula is C28H30N4O3. The van der Waals surface area contributed by atoms with Gasteiger partial charge in [0.25, 0.3) is 11.8 Å². The molecule has 0 bridgehead atoms. The van der Waals surface area contributed by atoms with Gasteiger partial charge in [-0.1, -0.05) is 30.3 Å². The Kier molecular flexibility index (Phi) is 7.77. The van der Waals surface area contributed by atoms with Crippen LogP contribution in [0.5, 0.6) is 0 Å². The summed E-state index contributed by atoms with van der Waals surface area (Å²) in [6, 6.07) is 23.5. The Hall–Kier alpha value is -4.13. The van der Waals surface area contributed by atoms with Gasteiger partial charge in [0.1, 0.15) is 0 Å². The molecule has 180 valence electrons. The summed E-state index contributed by atoms with van der Waals surface area (Å²) >= 11 is 0. The molecule has 3 aromatic rings. The first-order valence-corrected chi connectivity index (χ1v) is 11.9. The Bertz CT molecular complexity index is 1190. The predicted octanol–water partition coefficient (Wildman–Crippen LogP) is 4.64. The number of para-hydroxylation sites is 1. The second-order valence-corrected chi connectivity index (χ2v) is 8.62. The molecule has 0 aromatic heterocycles. The van der Waals surface area contributed by atoms with Crippen LogP contribution in [0.1, 0.15) is 40.0 Å². The average molecular weight is 471 g/mol. The Morgan fingerprint density at radius 2 is 1.46 bits per heavy atom. The van der Waals surface area contributed by atoms with Gasteiger partial charge in [-0.3, -0.25) is 14.4 Å². The van der Waals surface area contributed by atoms with Gasteiger partial charge < -0.3 is 20.4 Å². The fourth-order valence-electron chi connectivity index (χ4n) is 4.12. The normalized spacial score (nSPS) is 13.1. The summed E-state index contributed by atoms with van der Waals surface area (Å²) in [5.41, 5.74) is 3.13. The summed E-state index contributed by atoms with van der Waals surface area (Å²) < 4.78 is 0. The van der Waals surface area contributed by atoms with Crippen LogP contribution in [-0.4, -0.2) is 49.3 Å². The number of hydrogen-bond donors (Lipinski definition) is 2. The first kappa shape index (κ1) is 24.0. The fourth-order valence-corrected chi connectivity index (χ4v) is 4.12. The number of likely N-dealkylation sites (tertiary alicyclic amines) is 1. The van der Waals surface area contributed by atoms with Crippen molar-refractivity contribution in [3.8, 4) is 0 Å². The van der Waals surface area contributed by atoms with Crippen molar-refractivity contribution in [2.45, 2.75) is 19.3 Å². The van der Waals surface area contributed by atoms with E-state index in [4.69, 9.17) is 0 Å². The van der Waals surface area contributed by atoms with Crippen LogP contribution >= 0.6 is 0 Å². The van der Waals surface area contributed by atoms with E-state index in [2.05, 4.69) is 10.6 Å². The topological polar surface area (TPSA) is 81.8 Å². The summed E-state index contributed by atoms with van der Waals surface area (Å²) in [6.45, 7) is 1.62. The molecule has 1 aliphatic heterocycles. The van der Waals surface area contributed by atoms with Crippen molar-refractivity contribution in [1.82, 2.24) is 4.90 Å². The molecular weight excluding hydrogens is 440 g/mol. The van der Waals surface area contributed by atoms with Crippen LogP contribution in [0, 0.1) is 0 Å². The molecule has 35 heavy (non-hydrogen) atoms. The van der Waals surface area contributed by atoms with E-state index in [1.54, 1.807) is 48.3 Å². The van der Waals surface area contributed by atoms with E-state index < -0.39 is 0 Å². The average Bonchev–Trinajstić information content (AvgIpc) is 2.92. The maximum atomic E-state index is 12.9. The van der Waals surface area contributed by atoms with Crippen LogP contribution in [0.2, 0.25) is 0 Å². The highest BCUT2D eigenvalue weighted by atomic mass is 16.2. The third-order valence-corrected chi connectivity index (χ3v) is 6.05.